The summed E-state index contributed by atoms with van der Waals surface area (Å²) < 4.78 is 0. The van der Waals surface area contributed by atoms with Gasteiger partial charge in [0, 0.05) is 14.9 Å². The molecule has 0 aromatic heterocycles. The third kappa shape index (κ3) is 3.74. The maximum atomic E-state index is 6.14. The molecule has 0 aliphatic heterocycles. The van der Waals surface area contributed by atoms with Gasteiger partial charge in [0.15, 0.2) is 0 Å². The van der Waals surface area contributed by atoms with Crippen LogP contribution < -0.4 is 0 Å². The Hall–Kier alpha value is -1.15. The van der Waals surface area contributed by atoms with Crippen LogP contribution >= 0.6 is 35.4 Å². The topological polar surface area (TPSA) is 0 Å². The monoisotopic (exact) mass is 334 g/mol. The van der Waals surface area contributed by atoms with Crippen LogP contribution in [0.1, 0.15) is 27.8 Å². The fourth-order valence-corrected chi connectivity index (χ4v) is 2.79. The lowest BCUT2D eigenvalue weighted by molar-refractivity contribution is 1.38. The van der Waals surface area contributed by atoms with Gasteiger partial charge in [0.2, 0.25) is 0 Å². The summed E-state index contributed by atoms with van der Waals surface area (Å²) in [6, 6.07) is 9.83. The first kappa shape index (κ1) is 16.2. The average molecular weight is 335 g/mol. The minimum absolute atomic E-state index is 0.738. The highest BCUT2D eigenvalue weighted by Crippen LogP contribution is 2.23. The van der Waals surface area contributed by atoms with Gasteiger partial charge < -0.3 is 0 Å². The standard InChI is InChI=1S/C18H16Cl2S/c1-11-10-17(20)12(2)9-14(11)7-8-18(21)15-5-4-6-16(19)13(15)3/h4-10H,1-3H3/b8-7+. The van der Waals surface area contributed by atoms with E-state index < -0.39 is 0 Å². The first-order chi connectivity index (χ1) is 9.90. The van der Waals surface area contributed by atoms with Crippen molar-refractivity contribution in [1.29, 1.82) is 0 Å². The summed E-state index contributed by atoms with van der Waals surface area (Å²) in [6.07, 6.45) is 3.98. The molecule has 0 aliphatic carbocycles. The fraction of sp³-hybridized carbons (Fsp3) is 0.167. The number of halogens is 2. The number of allylic oxidation sites excluding steroid dienone is 1. The van der Waals surface area contributed by atoms with Crippen LogP contribution in [0.4, 0.5) is 0 Å². The zero-order valence-electron chi connectivity index (χ0n) is 12.2. The van der Waals surface area contributed by atoms with Crippen molar-refractivity contribution in [3.63, 3.8) is 0 Å². The molecule has 0 nitrogen and oxygen atoms in total. The summed E-state index contributed by atoms with van der Waals surface area (Å²) in [6.45, 7) is 6.02. The Morgan fingerprint density at radius 1 is 1.00 bits per heavy atom. The molecule has 0 spiro atoms. The maximum absolute atomic E-state index is 6.14. The van der Waals surface area contributed by atoms with Gasteiger partial charge in [-0.3, -0.25) is 0 Å². The lowest BCUT2D eigenvalue weighted by atomic mass is 10.0. The molecule has 0 aliphatic rings. The smallest absolute Gasteiger partial charge is 0.0452 e. The van der Waals surface area contributed by atoms with Crippen LogP contribution in [0, 0.1) is 20.8 Å². The Kier molecular flexibility index (Phi) is 5.21. The van der Waals surface area contributed by atoms with Crippen molar-refractivity contribution < 1.29 is 0 Å². The van der Waals surface area contributed by atoms with Crippen LogP contribution in [0.15, 0.2) is 36.4 Å². The third-order valence-corrected chi connectivity index (χ3v) is 4.67. The van der Waals surface area contributed by atoms with Crippen molar-refractivity contribution >= 4 is 46.4 Å². The molecule has 0 N–H and O–H groups in total. The summed E-state index contributed by atoms with van der Waals surface area (Å²) >= 11 is 17.8. The van der Waals surface area contributed by atoms with E-state index in [0.29, 0.717) is 0 Å². The number of hydrogen-bond acceptors (Lipinski definition) is 1. The molecule has 2 aromatic carbocycles. The molecule has 0 heterocycles. The molecule has 0 radical (unpaired) electrons. The molecule has 2 rings (SSSR count). The van der Waals surface area contributed by atoms with Crippen LogP contribution in [0.3, 0.4) is 0 Å². The van der Waals surface area contributed by atoms with Crippen molar-refractivity contribution in [3.05, 3.63) is 74.3 Å². The molecule has 0 fully saturated rings. The van der Waals surface area contributed by atoms with Gasteiger partial charge in [-0.05, 0) is 66.8 Å². The molecule has 21 heavy (non-hydrogen) atoms. The first-order valence-corrected chi connectivity index (χ1v) is 7.81. The van der Waals surface area contributed by atoms with Crippen LogP contribution in [-0.2, 0) is 0 Å². The predicted molar refractivity (Wildman–Crippen MR) is 97.8 cm³/mol. The highest BCUT2D eigenvalue weighted by Gasteiger charge is 2.05. The van der Waals surface area contributed by atoms with E-state index >= 15 is 0 Å². The lowest BCUT2D eigenvalue weighted by Gasteiger charge is -2.07. The first-order valence-electron chi connectivity index (χ1n) is 6.64. The van der Waals surface area contributed by atoms with E-state index in [0.717, 1.165) is 42.7 Å². The fourth-order valence-electron chi connectivity index (χ4n) is 2.11. The van der Waals surface area contributed by atoms with E-state index in [9.17, 15) is 0 Å². The second-order valence-electron chi connectivity index (χ2n) is 5.07. The van der Waals surface area contributed by atoms with Crippen LogP contribution in [-0.4, -0.2) is 4.86 Å². The third-order valence-electron chi connectivity index (χ3n) is 3.49. The Balaban J connectivity index is 2.31. The van der Waals surface area contributed by atoms with E-state index in [-0.39, 0.29) is 0 Å². The molecule has 2 aromatic rings. The SMILES string of the molecule is Cc1cc(/C=C/C(=S)c2cccc(Cl)c2C)c(C)cc1Cl. The van der Waals surface area contributed by atoms with Gasteiger partial charge >= 0.3 is 0 Å². The number of benzene rings is 2. The largest absolute Gasteiger partial charge is 0.0840 e. The quantitative estimate of drug-likeness (QED) is 0.358. The summed E-state index contributed by atoms with van der Waals surface area (Å²) in [4.78, 5) is 0.780. The minimum atomic E-state index is 0.738. The number of rotatable bonds is 3. The van der Waals surface area contributed by atoms with E-state index in [1.165, 1.54) is 0 Å². The van der Waals surface area contributed by atoms with E-state index in [4.69, 9.17) is 35.4 Å². The van der Waals surface area contributed by atoms with Crippen LogP contribution in [0.2, 0.25) is 10.0 Å². The van der Waals surface area contributed by atoms with Gasteiger partial charge in [-0.15, -0.1) is 0 Å². The Labute approximate surface area is 141 Å². The molecular formula is C18H16Cl2S. The van der Waals surface area contributed by atoms with Gasteiger partial charge in [0.1, 0.15) is 0 Å². The molecule has 0 amide bonds. The number of hydrogen-bond donors (Lipinski definition) is 0. The normalized spacial score (nSPS) is 11.1. The Morgan fingerprint density at radius 2 is 1.71 bits per heavy atom. The molecular weight excluding hydrogens is 319 g/mol. The zero-order chi connectivity index (χ0) is 15.6. The van der Waals surface area contributed by atoms with Crippen molar-refractivity contribution in [2.24, 2.45) is 0 Å². The van der Waals surface area contributed by atoms with Crippen LogP contribution in [0.5, 0.6) is 0 Å². The van der Waals surface area contributed by atoms with Gasteiger partial charge in [-0.1, -0.05) is 59.7 Å². The number of thiocarbonyl (C=S) groups is 1. The predicted octanol–water partition coefficient (Wildman–Crippen LogP) is 6.35. The van der Waals surface area contributed by atoms with E-state index in [1.807, 2.05) is 57.2 Å². The van der Waals surface area contributed by atoms with Crippen molar-refractivity contribution in [2.75, 3.05) is 0 Å². The minimum Gasteiger partial charge on any atom is -0.0840 e. The highest BCUT2D eigenvalue weighted by molar-refractivity contribution is 7.81. The molecule has 0 bridgehead atoms. The average Bonchev–Trinajstić information content (AvgIpc) is 2.44. The molecule has 3 heteroatoms. The van der Waals surface area contributed by atoms with Gasteiger partial charge in [-0.2, -0.15) is 0 Å². The second kappa shape index (κ2) is 6.74. The van der Waals surface area contributed by atoms with Crippen molar-refractivity contribution in [1.82, 2.24) is 0 Å². The molecule has 0 saturated heterocycles. The summed E-state index contributed by atoms with van der Waals surface area (Å²) in [5.74, 6) is 0. The summed E-state index contributed by atoms with van der Waals surface area (Å²) in [7, 11) is 0. The number of aryl methyl sites for hydroxylation is 2. The van der Waals surface area contributed by atoms with Crippen molar-refractivity contribution in [2.45, 2.75) is 20.8 Å². The van der Waals surface area contributed by atoms with E-state index in [1.54, 1.807) is 0 Å². The highest BCUT2D eigenvalue weighted by atomic mass is 35.5. The molecule has 108 valence electrons. The van der Waals surface area contributed by atoms with Gasteiger partial charge in [0.05, 0.1) is 0 Å². The molecule has 0 saturated carbocycles. The van der Waals surface area contributed by atoms with Crippen molar-refractivity contribution in [3.8, 4) is 0 Å². The summed E-state index contributed by atoms with van der Waals surface area (Å²) in [5.41, 5.74) is 5.33. The Morgan fingerprint density at radius 3 is 2.43 bits per heavy atom. The lowest BCUT2D eigenvalue weighted by Crippen LogP contribution is -1.97. The Bertz CT molecular complexity index is 730. The zero-order valence-corrected chi connectivity index (χ0v) is 14.5. The second-order valence-corrected chi connectivity index (χ2v) is 6.32. The molecule has 0 atom stereocenters. The summed E-state index contributed by atoms with van der Waals surface area (Å²) in [5, 5.41) is 1.53. The molecule has 0 unspecified atom stereocenters. The maximum Gasteiger partial charge on any atom is 0.0452 e. The van der Waals surface area contributed by atoms with Gasteiger partial charge in [0.25, 0.3) is 0 Å². The van der Waals surface area contributed by atoms with Crippen LogP contribution in [0.25, 0.3) is 6.08 Å². The van der Waals surface area contributed by atoms with E-state index in [2.05, 4.69) is 6.07 Å². The van der Waals surface area contributed by atoms with Gasteiger partial charge in [-0.25, -0.2) is 0 Å².